The molecule has 4 fully saturated rings. The molecule has 4 nitrogen and oxygen atoms in total. The molecule has 11 rings (SSSR count). The van der Waals surface area contributed by atoms with Crippen LogP contribution in [0.3, 0.4) is 0 Å². The molecule has 0 saturated heterocycles. The predicted molar refractivity (Wildman–Crippen MR) is 190 cm³/mol. The Morgan fingerprint density at radius 3 is 1.54 bits per heavy atom. The molecule has 0 unspecified atom stereocenters. The molecule has 5 aliphatic carbocycles. The monoisotopic (exact) mass is 618 g/mol. The number of rotatable bonds is 4. The fourth-order valence-corrected chi connectivity index (χ4v) is 10.3. The first kappa shape index (κ1) is 27.7. The lowest BCUT2D eigenvalue weighted by molar-refractivity contribution is -0.0399. The van der Waals surface area contributed by atoms with Crippen LogP contribution in [0.15, 0.2) is 121 Å². The summed E-state index contributed by atoms with van der Waals surface area (Å²) in [6.07, 6.45) is 6.79. The van der Waals surface area contributed by atoms with Crippen molar-refractivity contribution in [1.82, 2.24) is 15.0 Å². The van der Waals surface area contributed by atoms with Crippen LogP contribution >= 0.6 is 0 Å². The minimum atomic E-state index is 0.0641. The van der Waals surface area contributed by atoms with E-state index in [9.17, 15) is 5.26 Å². The van der Waals surface area contributed by atoms with Gasteiger partial charge >= 0.3 is 0 Å². The Bertz CT molecular complexity index is 2160. The standard InChI is InChI=1S/C44H34N4/c45-26-33-24-38-36-13-7-8-14-39(36)44(34-20-27-19-28(22-34)23-35(44)21-27)40(38)25-37(33)29-15-17-32(18-16-29)43-47-41(30-9-3-1-4-10-30)46-42(48-43)31-11-5-2-6-12-31/h1-18,24-25,27-28,34-35H,19-23H2. The molecule has 6 aromatic rings. The van der Waals surface area contributed by atoms with Crippen molar-refractivity contribution < 1.29 is 0 Å². The van der Waals surface area contributed by atoms with E-state index in [1.165, 1.54) is 54.4 Å². The van der Waals surface area contributed by atoms with E-state index in [0.29, 0.717) is 29.3 Å². The maximum Gasteiger partial charge on any atom is 0.164 e. The number of aromatic nitrogens is 3. The number of hydrogen-bond acceptors (Lipinski definition) is 4. The van der Waals surface area contributed by atoms with Crippen LogP contribution in [-0.2, 0) is 5.41 Å². The van der Waals surface area contributed by atoms with E-state index in [0.717, 1.165) is 45.2 Å². The van der Waals surface area contributed by atoms with Crippen LogP contribution in [0.5, 0.6) is 0 Å². The van der Waals surface area contributed by atoms with E-state index in [2.05, 4.69) is 66.7 Å². The van der Waals surface area contributed by atoms with E-state index >= 15 is 0 Å². The third-order valence-corrected chi connectivity index (χ3v) is 12.0. The van der Waals surface area contributed by atoms with Crippen molar-refractivity contribution in [3.8, 4) is 62.5 Å². The molecule has 0 atom stereocenters. The Morgan fingerprint density at radius 2 is 0.979 bits per heavy atom. The normalized spacial score (nSPS) is 24.3. The molecule has 5 aliphatic rings. The number of fused-ring (bicyclic) bond motifs is 3. The minimum absolute atomic E-state index is 0.0641. The first-order chi connectivity index (χ1) is 23.7. The summed E-state index contributed by atoms with van der Waals surface area (Å²) in [7, 11) is 0. The van der Waals surface area contributed by atoms with Crippen LogP contribution in [0.2, 0.25) is 0 Å². The predicted octanol–water partition coefficient (Wildman–Crippen LogP) is 10.1. The Morgan fingerprint density at radius 1 is 0.479 bits per heavy atom. The number of nitrogens with zero attached hydrogens (tertiary/aromatic N) is 4. The molecule has 48 heavy (non-hydrogen) atoms. The van der Waals surface area contributed by atoms with Crippen LogP contribution in [0.25, 0.3) is 56.4 Å². The number of benzene rings is 5. The Balaban J connectivity index is 1.09. The second kappa shape index (κ2) is 10.6. The van der Waals surface area contributed by atoms with Crippen LogP contribution in [0.1, 0.15) is 48.8 Å². The lowest BCUT2D eigenvalue weighted by atomic mass is 9.43. The number of hydrogen-bond donors (Lipinski definition) is 0. The zero-order valence-corrected chi connectivity index (χ0v) is 26.7. The second-order valence-electron chi connectivity index (χ2n) is 14.4. The van der Waals surface area contributed by atoms with E-state index in [1.807, 2.05) is 60.7 Å². The Hall–Kier alpha value is -5.40. The van der Waals surface area contributed by atoms with Crippen molar-refractivity contribution in [2.24, 2.45) is 23.7 Å². The highest BCUT2D eigenvalue weighted by Gasteiger charge is 2.61. The summed E-state index contributed by atoms with van der Waals surface area (Å²) in [5, 5.41) is 10.5. The summed E-state index contributed by atoms with van der Waals surface area (Å²) in [6, 6.07) is 44.9. The van der Waals surface area contributed by atoms with Crippen molar-refractivity contribution in [3.05, 3.63) is 138 Å². The summed E-state index contributed by atoms with van der Waals surface area (Å²) in [6.45, 7) is 0. The molecule has 0 N–H and O–H groups in total. The van der Waals surface area contributed by atoms with Crippen molar-refractivity contribution in [1.29, 1.82) is 5.26 Å². The molecular weight excluding hydrogens is 585 g/mol. The molecule has 1 heterocycles. The second-order valence-corrected chi connectivity index (χ2v) is 14.4. The van der Waals surface area contributed by atoms with Gasteiger partial charge in [-0.05, 0) is 101 Å². The van der Waals surface area contributed by atoms with Crippen LogP contribution in [0, 0.1) is 35.0 Å². The maximum absolute atomic E-state index is 10.5. The van der Waals surface area contributed by atoms with E-state index in [1.54, 1.807) is 0 Å². The topological polar surface area (TPSA) is 62.5 Å². The highest BCUT2D eigenvalue weighted by molar-refractivity contribution is 5.87. The van der Waals surface area contributed by atoms with Crippen LogP contribution < -0.4 is 0 Å². The highest BCUT2D eigenvalue weighted by Crippen LogP contribution is 2.69. The zero-order chi connectivity index (χ0) is 31.8. The molecule has 4 bridgehead atoms. The van der Waals surface area contributed by atoms with Gasteiger partial charge in [-0.1, -0.05) is 109 Å². The van der Waals surface area contributed by atoms with Crippen molar-refractivity contribution in [2.45, 2.75) is 37.5 Å². The lowest BCUT2D eigenvalue weighted by Gasteiger charge is -2.61. The van der Waals surface area contributed by atoms with Gasteiger partial charge < -0.3 is 0 Å². The van der Waals surface area contributed by atoms with Gasteiger partial charge in [-0.3, -0.25) is 0 Å². The SMILES string of the molecule is N#Cc1cc2c(cc1-c1ccc(-c3nc(-c4ccccc4)nc(-c4ccccc4)n3)cc1)C1(c3ccccc3-2)C2CC3CC(C2)CC1C3. The quantitative estimate of drug-likeness (QED) is 0.197. The van der Waals surface area contributed by atoms with Gasteiger partial charge in [-0.25, -0.2) is 15.0 Å². The molecular formula is C44H34N4. The molecule has 4 heteroatoms. The smallest absolute Gasteiger partial charge is 0.164 e. The average Bonchev–Trinajstić information content (AvgIpc) is 3.43. The van der Waals surface area contributed by atoms with Gasteiger partial charge in [0.1, 0.15) is 0 Å². The van der Waals surface area contributed by atoms with Crippen molar-refractivity contribution in [3.63, 3.8) is 0 Å². The van der Waals surface area contributed by atoms with E-state index in [4.69, 9.17) is 15.0 Å². The summed E-state index contributed by atoms with van der Waals surface area (Å²) in [5.74, 6) is 5.07. The zero-order valence-electron chi connectivity index (χ0n) is 26.7. The molecule has 5 aromatic carbocycles. The summed E-state index contributed by atoms with van der Waals surface area (Å²) in [5.41, 5.74) is 11.3. The first-order valence-electron chi connectivity index (χ1n) is 17.3. The van der Waals surface area contributed by atoms with Crippen LogP contribution in [0.4, 0.5) is 0 Å². The van der Waals surface area contributed by atoms with Gasteiger partial charge in [-0.2, -0.15) is 5.26 Å². The van der Waals surface area contributed by atoms with Gasteiger partial charge in [0, 0.05) is 22.1 Å². The molecule has 1 spiro atoms. The largest absolute Gasteiger partial charge is 0.208 e. The fourth-order valence-electron chi connectivity index (χ4n) is 10.3. The third-order valence-electron chi connectivity index (χ3n) is 12.0. The van der Waals surface area contributed by atoms with Gasteiger partial charge in [0.15, 0.2) is 17.5 Å². The van der Waals surface area contributed by atoms with Gasteiger partial charge in [0.05, 0.1) is 11.6 Å². The average molecular weight is 619 g/mol. The molecule has 0 radical (unpaired) electrons. The van der Waals surface area contributed by atoms with Gasteiger partial charge in [-0.15, -0.1) is 0 Å². The summed E-state index contributed by atoms with van der Waals surface area (Å²) in [4.78, 5) is 14.7. The Labute approximate surface area is 281 Å². The summed E-state index contributed by atoms with van der Waals surface area (Å²) < 4.78 is 0. The van der Waals surface area contributed by atoms with Gasteiger partial charge in [0.2, 0.25) is 0 Å². The van der Waals surface area contributed by atoms with E-state index in [-0.39, 0.29) is 5.41 Å². The minimum Gasteiger partial charge on any atom is -0.208 e. The van der Waals surface area contributed by atoms with Gasteiger partial charge in [0.25, 0.3) is 0 Å². The maximum atomic E-state index is 10.5. The van der Waals surface area contributed by atoms with Crippen molar-refractivity contribution in [2.75, 3.05) is 0 Å². The molecule has 230 valence electrons. The first-order valence-corrected chi connectivity index (χ1v) is 17.3. The Kier molecular flexibility index (Phi) is 6.09. The fraction of sp³-hybridized carbons (Fsp3) is 0.227. The molecule has 0 aliphatic heterocycles. The number of nitriles is 1. The molecule has 1 aromatic heterocycles. The third kappa shape index (κ3) is 4.04. The van der Waals surface area contributed by atoms with Crippen LogP contribution in [-0.4, -0.2) is 15.0 Å². The molecule has 0 amide bonds. The van der Waals surface area contributed by atoms with Crippen molar-refractivity contribution >= 4 is 0 Å². The molecule has 4 saturated carbocycles. The van der Waals surface area contributed by atoms with E-state index < -0.39 is 0 Å². The summed E-state index contributed by atoms with van der Waals surface area (Å²) >= 11 is 0. The highest BCUT2D eigenvalue weighted by atomic mass is 15.0. The lowest BCUT2D eigenvalue weighted by Crippen LogP contribution is -2.55.